The number of nitrogens with one attached hydrogen (secondary N) is 2. The number of hydrogen-bond donors (Lipinski definition) is 3. The van der Waals surface area contributed by atoms with Gasteiger partial charge in [-0.3, -0.25) is 4.72 Å². The summed E-state index contributed by atoms with van der Waals surface area (Å²) >= 11 is 0. The highest BCUT2D eigenvalue weighted by Crippen LogP contribution is 2.17. The van der Waals surface area contributed by atoms with E-state index in [9.17, 15) is 12.8 Å². The lowest BCUT2D eigenvalue weighted by molar-refractivity contribution is 0.350. The summed E-state index contributed by atoms with van der Waals surface area (Å²) in [7, 11) is -3.86. The normalized spacial score (nSPS) is 11.7. The molecule has 0 bridgehead atoms. The first-order valence-corrected chi connectivity index (χ1v) is 7.32. The van der Waals surface area contributed by atoms with Crippen molar-refractivity contribution in [3.05, 3.63) is 29.6 Å². The Morgan fingerprint density at radius 3 is 2.50 bits per heavy atom. The van der Waals surface area contributed by atoms with Gasteiger partial charge in [-0.2, -0.15) is 13.1 Å². The van der Waals surface area contributed by atoms with Gasteiger partial charge in [0.25, 0.3) is 10.2 Å². The molecule has 1 rings (SSSR count). The Kier molecular flexibility index (Phi) is 5.11. The summed E-state index contributed by atoms with van der Waals surface area (Å²) in [6.45, 7) is 4.70. The summed E-state index contributed by atoms with van der Waals surface area (Å²) < 4.78 is 41.8. The summed E-state index contributed by atoms with van der Waals surface area (Å²) in [6, 6.07) is 3.83. The van der Waals surface area contributed by atoms with Gasteiger partial charge in [0.2, 0.25) is 0 Å². The minimum atomic E-state index is -3.86. The maximum atomic E-state index is 13.8. The van der Waals surface area contributed by atoms with Gasteiger partial charge in [-0.25, -0.2) is 4.39 Å². The van der Waals surface area contributed by atoms with E-state index < -0.39 is 21.6 Å². The molecule has 0 aliphatic rings. The standard InChI is InChI=1S/C13H17FN2O3S/c1-13(2,3)16-20(18,19)15-12-7-6-10(5-4-8-17)9-11(12)14/h6-7,9,15-17H,8H2,1-3H3. The summed E-state index contributed by atoms with van der Waals surface area (Å²) in [5.74, 6) is 4.17. The fourth-order valence-electron chi connectivity index (χ4n) is 1.39. The van der Waals surface area contributed by atoms with Crippen LogP contribution in [-0.2, 0) is 10.2 Å². The van der Waals surface area contributed by atoms with Crippen molar-refractivity contribution in [2.75, 3.05) is 11.3 Å². The van der Waals surface area contributed by atoms with E-state index >= 15 is 0 Å². The Bertz CT molecular complexity index is 640. The first-order chi connectivity index (χ1) is 9.13. The van der Waals surface area contributed by atoms with Crippen molar-refractivity contribution in [1.82, 2.24) is 4.72 Å². The topological polar surface area (TPSA) is 78.4 Å². The van der Waals surface area contributed by atoms with Gasteiger partial charge in [-0.05, 0) is 39.0 Å². The van der Waals surface area contributed by atoms with Crippen molar-refractivity contribution in [2.24, 2.45) is 0 Å². The summed E-state index contributed by atoms with van der Waals surface area (Å²) in [6.07, 6.45) is 0. The third kappa shape index (κ3) is 5.57. The maximum Gasteiger partial charge on any atom is 0.299 e. The smallest absolute Gasteiger partial charge is 0.299 e. The molecule has 0 atom stereocenters. The van der Waals surface area contributed by atoms with Gasteiger partial charge in [0, 0.05) is 11.1 Å². The van der Waals surface area contributed by atoms with E-state index in [1.807, 2.05) is 0 Å². The minimum absolute atomic E-state index is 0.170. The molecule has 1 aromatic rings. The van der Waals surface area contributed by atoms with Crippen LogP contribution >= 0.6 is 0 Å². The second-order valence-corrected chi connectivity index (χ2v) is 6.53. The van der Waals surface area contributed by atoms with Crippen molar-refractivity contribution >= 4 is 15.9 Å². The summed E-state index contributed by atoms with van der Waals surface area (Å²) in [5, 5.41) is 8.55. The molecule has 3 N–H and O–H groups in total. The van der Waals surface area contributed by atoms with Crippen molar-refractivity contribution in [3.63, 3.8) is 0 Å². The van der Waals surface area contributed by atoms with Crippen LogP contribution in [0.2, 0.25) is 0 Å². The second-order valence-electron chi connectivity index (χ2n) is 5.11. The molecule has 0 unspecified atom stereocenters. The summed E-state index contributed by atoms with van der Waals surface area (Å²) in [5.41, 5.74) is -0.492. The zero-order chi connectivity index (χ0) is 15.4. The highest BCUT2D eigenvalue weighted by Gasteiger charge is 2.20. The zero-order valence-corrected chi connectivity index (χ0v) is 12.3. The van der Waals surface area contributed by atoms with Crippen LogP contribution in [0.15, 0.2) is 18.2 Å². The van der Waals surface area contributed by atoms with Gasteiger partial charge in [-0.1, -0.05) is 11.8 Å². The van der Waals surface area contributed by atoms with Crippen molar-refractivity contribution in [2.45, 2.75) is 26.3 Å². The van der Waals surface area contributed by atoms with Gasteiger partial charge in [0.15, 0.2) is 0 Å². The Balaban J connectivity index is 2.94. The van der Waals surface area contributed by atoms with Crippen molar-refractivity contribution < 1.29 is 17.9 Å². The number of benzene rings is 1. The highest BCUT2D eigenvalue weighted by molar-refractivity contribution is 7.90. The predicted molar refractivity (Wildman–Crippen MR) is 75.8 cm³/mol. The lowest BCUT2D eigenvalue weighted by Crippen LogP contribution is -2.43. The van der Waals surface area contributed by atoms with Crippen LogP contribution in [0.25, 0.3) is 0 Å². The van der Waals surface area contributed by atoms with Crippen LogP contribution in [0.1, 0.15) is 26.3 Å². The molecule has 0 aliphatic heterocycles. The van der Waals surface area contributed by atoms with E-state index in [0.29, 0.717) is 5.56 Å². The van der Waals surface area contributed by atoms with E-state index in [-0.39, 0.29) is 12.3 Å². The van der Waals surface area contributed by atoms with E-state index in [1.54, 1.807) is 20.8 Å². The molecule has 0 heterocycles. The van der Waals surface area contributed by atoms with Crippen LogP contribution in [0.4, 0.5) is 10.1 Å². The number of aliphatic hydroxyl groups is 1. The summed E-state index contributed by atoms with van der Waals surface area (Å²) in [4.78, 5) is 0. The first-order valence-electron chi connectivity index (χ1n) is 5.84. The third-order valence-corrected chi connectivity index (χ3v) is 3.34. The predicted octanol–water partition coefficient (Wildman–Crippen LogP) is 1.21. The van der Waals surface area contributed by atoms with E-state index in [0.717, 1.165) is 6.07 Å². The van der Waals surface area contributed by atoms with E-state index in [1.165, 1.54) is 12.1 Å². The lowest BCUT2D eigenvalue weighted by atomic mass is 10.1. The van der Waals surface area contributed by atoms with Gasteiger partial charge < -0.3 is 5.11 Å². The average Bonchev–Trinajstić information content (AvgIpc) is 2.26. The van der Waals surface area contributed by atoms with Crippen LogP contribution in [-0.4, -0.2) is 25.7 Å². The number of hydrogen-bond acceptors (Lipinski definition) is 3. The van der Waals surface area contributed by atoms with E-state index in [2.05, 4.69) is 21.3 Å². The number of aliphatic hydroxyl groups excluding tert-OH is 1. The third-order valence-electron chi connectivity index (χ3n) is 1.97. The quantitative estimate of drug-likeness (QED) is 0.734. The second kappa shape index (κ2) is 6.22. The molecule has 0 radical (unpaired) electrons. The molecule has 1 aromatic carbocycles. The Morgan fingerprint density at radius 1 is 1.35 bits per heavy atom. The van der Waals surface area contributed by atoms with Crippen LogP contribution in [0, 0.1) is 17.7 Å². The molecule has 0 saturated heterocycles. The SMILES string of the molecule is CC(C)(C)NS(=O)(=O)Nc1ccc(C#CCO)cc1F. The van der Waals surface area contributed by atoms with Crippen molar-refractivity contribution in [1.29, 1.82) is 0 Å². The highest BCUT2D eigenvalue weighted by atomic mass is 32.2. The van der Waals surface area contributed by atoms with Crippen LogP contribution in [0.3, 0.4) is 0 Å². The molecule has 5 nitrogen and oxygen atoms in total. The van der Waals surface area contributed by atoms with Gasteiger partial charge in [-0.15, -0.1) is 0 Å². The number of halogens is 1. The molecule has 0 aromatic heterocycles. The monoisotopic (exact) mass is 300 g/mol. The molecule has 7 heteroatoms. The molecular weight excluding hydrogens is 283 g/mol. The Morgan fingerprint density at radius 2 is 2.00 bits per heavy atom. The van der Waals surface area contributed by atoms with Gasteiger partial charge in [0.1, 0.15) is 12.4 Å². The molecular formula is C13H17FN2O3S. The fraction of sp³-hybridized carbons (Fsp3) is 0.385. The Hall–Kier alpha value is -1.62. The van der Waals surface area contributed by atoms with Crippen molar-refractivity contribution in [3.8, 4) is 11.8 Å². The fourth-order valence-corrected chi connectivity index (χ4v) is 2.70. The molecule has 0 fully saturated rings. The Labute approximate surface area is 118 Å². The molecule has 0 amide bonds. The minimum Gasteiger partial charge on any atom is -0.384 e. The molecule has 0 saturated carbocycles. The van der Waals surface area contributed by atoms with E-state index in [4.69, 9.17) is 5.11 Å². The van der Waals surface area contributed by atoms with Crippen LogP contribution in [0.5, 0.6) is 0 Å². The maximum absolute atomic E-state index is 13.8. The van der Waals surface area contributed by atoms with Crippen LogP contribution < -0.4 is 9.44 Å². The lowest BCUT2D eigenvalue weighted by Gasteiger charge is -2.21. The molecule has 0 aliphatic carbocycles. The molecule has 20 heavy (non-hydrogen) atoms. The largest absolute Gasteiger partial charge is 0.384 e. The van der Waals surface area contributed by atoms with Gasteiger partial charge >= 0.3 is 0 Å². The number of anilines is 1. The number of rotatable bonds is 3. The first kappa shape index (κ1) is 16.4. The average molecular weight is 300 g/mol. The molecule has 0 spiro atoms. The van der Waals surface area contributed by atoms with Gasteiger partial charge in [0.05, 0.1) is 5.69 Å². The zero-order valence-electron chi connectivity index (χ0n) is 11.5. The molecule has 110 valence electrons.